The van der Waals surface area contributed by atoms with Gasteiger partial charge in [-0.15, -0.1) is 6.58 Å². The van der Waals surface area contributed by atoms with Gasteiger partial charge < -0.3 is 14.5 Å². The predicted octanol–water partition coefficient (Wildman–Crippen LogP) is 3.57. The number of ether oxygens (including phenoxy) is 2. The Hall–Kier alpha value is -2.56. The number of aromatic amines is 1. The van der Waals surface area contributed by atoms with E-state index in [-0.39, 0.29) is 13.2 Å². The number of carbonyl (C=O) groups excluding carboxylic acids is 2. The number of esters is 2. The van der Waals surface area contributed by atoms with E-state index in [0.717, 1.165) is 16.5 Å². The van der Waals surface area contributed by atoms with E-state index >= 15 is 0 Å². The van der Waals surface area contributed by atoms with Crippen molar-refractivity contribution >= 4 is 22.8 Å². The quantitative estimate of drug-likeness (QED) is 0.457. The molecule has 1 atom stereocenters. The van der Waals surface area contributed by atoms with Gasteiger partial charge in [0.2, 0.25) is 0 Å². The number of para-hydroxylation sites is 1. The Bertz CT molecular complexity index is 701. The fourth-order valence-electron chi connectivity index (χ4n) is 2.91. The van der Waals surface area contributed by atoms with Gasteiger partial charge >= 0.3 is 11.9 Å². The summed E-state index contributed by atoms with van der Waals surface area (Å²) < 4.78 is 10.2. The smallest absolute Gasteiger partial charge is 0.320 e. The number of H-pyrrole nitrogens is 1. The number of rotatable bonds is 8. The van der Waals surface area contributed by atoms with Gasteiger partial charge in [-0.05, 0) is 31.9 Å². The largest absolute Gasteiger partial charge is 0.465 e. The molecule has 1 aromatic heterocycles. The third-order valence-electron chi connectivity index (χ3n) is 3.92. The number of benzene rings is 1. The summed E-state index contributed by atoms with van der Waals surface area (Å²) in [5.74, 6) is -2.53. The number of hydrogen-bond acceptors (Lipinski definition) is 4. The Balaban J connectivity index is 2.49. The van der Waals surface area contributed by atoms with E-state index in [4.69, 9.17) is 9.47 Å². The lowest BCUT2D eigenvalue weighted by Crippen LogP contribution is -2.33. The molecular formula is C19H23NO4. The minimum atomic E-state index is -1.01. The fourth-order valence-corrected chi connectivity index (χ4v) is 2.91. The van der Waals surface area contributed by atoms with Crippen LogP contribution in [0.2, 0.25) is 0 Å². The van der Waals surface area contributed by atoms with E-state index in [1.807, 2.05) is 30.5 Å². The number of aromatic nitrogens is 1. The summed E-state index contributed by atoms with van der Waals surface area (Å²) in [7, 11) is 0. The molecule has 0 aliphatic rings. The normalized spacial score (nSPS) is 12.1. The standard InChI is InChI=1S/C19H23NO4/c1-4-9-14(15-12-20-16-11-8-7-10-13(15)16)17(18(21)23-5-2)19(22)24-6-3/h4,7-8,10-12,14,17,20H,1,5-6,9H2,2-3H3. The topological polar surface area (TPSA) is 68.4 Å². The Morgan fingerprint density at radius 1 is 1.17 bits per heavy atom. The first-order valence-electron chi connectivity index (χ1n) is 8.14. The van der Waals surface area contributed by atoms with E-state index in [1.165, 1.54) is 0 Å². The van der Waals surface area contributed by atoms with Crippen molar-refractivity contribution in [2.75, 3.05) is 13.2 Å². The van der Waals surface area contributed by atoms with Gasteiger partial charge in [0.15, 0.2) is 5.92 Å². The molecule has 0 bridgehead atoms. The molecule has 0 aliphatic heterocycles. The highest BCUT2D eigenvalue weighted by molar-refractivity contribution is 5.97. The predicted molar refractivity (Wildman–Crippen MR) is 92.6 cm³/mol. The molecule has 0 saturated carbocycles. The third-order valence-corrected chi connectivity index (χ3v) is 3.92. The molecule has 0 aliphatic carbocycles. The van der Waals surface area contributed by atoms with Crippen LogP contribution in [0.5, 0.6) is 0 Å². The van der Waals surface area contributed by atoms with Crippen molar-refractivity contribution in [3.8, 4) is 0 Å². The van der Waals surface area contributed by atoms with Crippen LogP contribution in [0.3, 0.4) is 0 Å². The van der Waals surface area contributed by atoms with Crippen LogP contribution in [0.15, 0.2) is 43.1 Å². The number of carbonyl (C=O) groups is 2. The third kappa shape index (κ3) is 3.67. The monoisotopic (exact) mass is 329 g/mol. The van der Waals surface area contributed by atoms with E-state index in [9.17, 15) is 9.59 Å². The zero-order valence-electron chi connectivity index (χ0n) is 14.1. The average Bonchev–Trinajstić information content (AvgIpc) is 2.99. The molecule has 1 heterocycles. The number of hydrogen-bond donors (Lipinski definition) is 1. The van der Waals surface area contributed by atoms with Crippen LogP contribution in [0, 0.1) is 5.92 Å². The molecular weight excluding hydrogens is 306 g/mol. The minimum absolute atomic E-state index is 0.212. The van der Waals surface area contributed by atoms with Crippen molar-refractivity contribution in [3.63, 3.8) is 0 Å². The van der Waals surface area contributed by atoms with Gasteiger partial charge in [-0.3, -0.25) is 9.59 Å². The van der Waals surface area contributed by atoms with Crippen molar-refractivity contribution in [1.82, 2.24) is 4.98 Å². The summed E-state index contributed by atoms with van der Waals surface area (Å²) in [6.07, 6.45) is 4.01. The van der Waals surface area contributed by atoms with Gasteiger partial charge in [0.25, 0.3) is 0 Å². The van der Waals surface area contributed by atoms with E-state index in [0.29, 0.717) is 6.42 Å². The maximum atomic E-state index is 12.4. The van der Waals surface area contributed by atoms with Crippen LogP contribution in [-0.2, 0) is 19.1 Å². The lowest BCUT2D eigenvalue weighted by Gasteiger charge is -2.23. The molecule has 2 aromatic rings. The zero-order valence-corrected chi connectivity index (χ0v) is 14.1. The van der Waals surface area contributed by atoms with Crippen molar-refractivity contribution < 1.29 is 19.1 Å². The Labute approximate surface area is 141 Å². The van der Waals surface area contributed by atoms with Crippen molar-refractivity contribution in [2.45, 2.75) is 26.2 Å². The fraction of sp³-hybridized carbons (Fsp3) is 0.368. The van der Waals surface area contributed by atoms with Crippen molar-refractivity contribution in [1.29, 1.82) is 0 Å². The van der Waals surface area contributed by atoms with Gasteiger partial charge in [0, 0.05) is 23.0 Å². The number of nitrogens with one attached hydrogen (secondary N) is 1. The van der Waals surface area contributed by atoms with Gasteiger partial charge in [-0.2, -0.15) is 0 Å². The second-order valence-electron chi connectivity index (χ2n) is 5.40. The Morgan fingerprint density at radius 2 is 1.79 bits per heavy atom. The van der Waals surface area contributed by atoms with Gasteiger partial charge in [-0.25, -0.2) is 0 Å². The van der Waals surface area contributed by atoms with Crippen LogP contribution < -0.4 is 0 Å². The SMILES string of the molecule is C=CCC(c1c[nH]c2ccccc12)C(C(=O)OCC)C(=O)OCC. The van der Waals surface area contributed by atoms with Crippen LogP contribution in [0.4, 0.5) is 0 Å². The molecule has 5 nitrogen and oxygen atoms in total. The van der Waals surface area contributed by atoms with Gasteiger partial charge in [0.05, 0.1) is 13.2 Å². The molecule has 24 heavy (non-hydrogen) atoms. The molecule has 0 saturated heterocycles. The first-order valence-corrected chi connectivity index (χ1v) is 8.14. The van der Waals surface area contributed by atoms with Crippen LogP contribution in [0.25, 0.3) is 10.9 Å². The summed E-state index contributed by atoms with van der Waals surface area (Å²) in [5, 5.41) is 0.975. The van der Waals surface area contributed by atoms with Crippen LogP contribution in [0.1, 0.15) is 31.7 Å². The molecule has 1 N–H and O–H groups in total. The summed E-state index contributed by atoms with van der Waals surface area (Å²) >= 11 is 0. The molecule has 0 spiro atoms. The van der Waals surface area contributed by atoms with Crippen LogP contribution >= 0.6 is 0 Å². The zero-order chi connectivity index (χ0) is 17.5. The summed E-state index contributed by atoms with van der Waals surface area (Å²) in [5.41, 5.74) is 1.84. The molecule has 5 heteroatoms. The van der Waals surface area contributed by atoms with Crippen molar-refractivity contribution in [3.05, 3.63) is 48.7 Å². The van der Waals surface area contributed by atoms with Crippen molar-refractivity contribution in [2.24, 2.45) is 5.92 Å². The molecule has 1 unspecified atom stereocenters. The van der Waals surface area contributed by atoms with E-state index < -0.39 is 23.8 Å². The molecule has 0 radical (unpaired) electrons. The lowest BCUT2D eigenvalue weighted by atomic mass is 9.83. The second-order valence-corrected chi connectivity index (χ2v) is 5.40. The number of allylic oxidation sites excluding steroid dienone is 1. The minimum Gasteiger partial charge on any atom is -0.465 e. The average molecular weight is 329 g/mol. The molecule has 128 valence electrons. The molecule has 2 rings (SSSR count). The Morgan fingerprint density at radius 3 is 2.38 bits per heavy atom. The second kappa shape index (κ2) is 8.34. The molecule has 0 amide bonds. The molecule has 1 aromatic carbocycles. The summed E-state index contributed by atoms with van der Waals surface area (Å²) in [4.78, 5) is 28.1. The highest BCUT2D eigenvalue weighted by Crippen LogP contribution is 2.35. The first-order chi connectivity index (χ1) is 11.6. The maximum absolute atomic E-state index is 12.4. The van der Waals surface area contributed by atoms with Gasteiger partial charge in [-0.1, -0.05) is 24.3 Å². The van der Waals surface area contributed by atoms with E-state index in [2.05, 4.69) is 11.6 Å². The molecule has 0 fully saturated rings. The number of fused-ring (bicyclic) bond motifs is 1. The summed E-state index contributed by atoms with van der Waals surface area (Å²) in [6, 6.07) is 7.77. The van der Waals surface area contributed by atoms with Crippen LogP contribution in [-0.4, -0.2) is 30.1 Å². The van der Waals surface area contributed by atoms with Gasteiger partial charge in [0.1, 0.15) is 0 Å². The highest BCUT2D eigenvalue weighted by Gasteiger charge is 2.38. The van der Waals surface area contributed by atoms with E-state index in [1.54, 1.807) is 19.9 Å². The Kier molecular flexibility index (Phi) is 6.18. The highest BCUT2D eigenvalue weighted by atomic mass is 16.6. The lowest BCUT2D eigenvalue weighted by molar-refractivity contribution is -0.162. The summed E-state index contributed by atoms with van der Waals surface area (Å²) in [6.45, 7) is 7.63. The first kappa shape index (κ1) is 17.8. The maximum Gasteiger partial charge on any atom is 0.320 e.